The average molecular weight is 524 g/mol. The first kappa shape index (κ1) is 27.1. The summed E-state index contributed by atoms with van der Waals surface area (Å²) in [5.74, 6) is -0.427. The molecule has 2 aromatic rings. The molecule has 0 radical (unpaired) electrons. The molecule has 1 amide bonds. The second-order valence-corrected chi connectivity index (χ2v) is 10.6. The van der Waals surface area contributed by atoms with Crippen LogP contribution in [-0.2, 0) is 27.2 Å². The Morgan fingerprint density at radius 3 is 2.41 bits per heavy atom. The minimum Gasteiger partial charge on any atom is -0.492 e. The van der Waals surface area contributed by atoms with E-state index in [1.165, 1.54) is 17.0 Å². The molecular formula is C27H32F3NO6. The second kappa shape index (κ2) is 9.72. The fraction of sp³-hybridized carbons (Fsp3) is 0.519. The molecule has 1 fully saturated rings. The molecule has 1 unspecified atom stereocenters. The van der Waals surface area contributed by atoms with Crippen LogP contribution >= 0.6 is 0 Å². The van der Waals surface area contributed by atoms with E-state index < -0.39 is 23.8 Å². The number of carbonyl (C=O) groups is 1. The van der Waals surface area contributed by atoms with Gasteiger partial charge in [0.2, 0.25) is 0 Å². The third-order valence-corrected chi connectivity index (χ3v) is 5.95. The fourth-order valence-corrected chi connectivity index (χ4v) is 4.54. The minimum atomic E-state index is -4.77. The van der Waals surface area contributed by atoms with Crippen LogP contribution in [0.4, 0.5) is 18.0 Å². The third kappa shape index (κ3) is 6.48. The highest BCUT2D eigenvalue weighted by Gasteiger charge is 2.38. The van der Waals surface area contributed by atoms with Gasteiger partial charge >= 0.3 is 12.5 Å². The molecule has 37 heavy (non-hydrogen) atoms. The predicted octanol–water partition coefficient (Wildman–Crippen LogP) is 6.38. The number of rotatable bonds is 5. The summed E-state index contributed by atoms with van der Waals surface area (Å²) >= 11 is 0. The molecule has 0 spiro atoms. The van der Waals surface area contributed by atoms with E-state index in [9.17, 15) is 18.0 Å². The number of nitrogens with zero attached hydrogens (tertiary/aromatic N) is 1. The molecule has 2 heterocycles. The molecule has 7 nitrogen and oxygen atoms in total. The first-order chi connectivity index (χ1) is 17.1. The van der Waals surface area contributed by atoms with Gasteiger partial charge in [-0.25, -0.2) is 4.79 Å². The summed E-state index contributed by atoms with van der Waals surface area (Å²) in [5, 5.41) is 0. The maximum absolute atomic E-state index is 12.8. The first-order valence-electron chi connectivity index (χ1n) is 12.1. The fourth-order valence-electron chi connectivity index (χ4n) is 4.54. The van der Waals surface area contributed by atoms with Crippen LogP contribution in [0.3, 0.4) is 0 Å². The van der Waals surface area contributed by atoms with E-state index in [-0.39, 0.29) is 18.4 Å². The minimum absolute atomic E-state index is 0.222. The maximum Gasteiger partial charge on any atom is 0.573 e. The molecule has 2 aliphatic heterocycles. The van der Waals surface area contributed by atoms with Gasteiger partial charge in [0.05, 0.1) is 13.2 Å². The number of ether oxygens (including phenoxy) is 5. The zero-order chi connectivity index (χ0) is 27.2. The SMILES string of the molecule is CN(Cc1cc(-c2ccc(OC(F)(F)F)cc2)c2c(c1C1COC(C)(C)O1)CCO2)C(=O)OC(C)(C)C. The lowest BCUT2D eigenvalue weighted by atomic mass is 9.89. The van der Waals surface area contributed by atoms with Crippen LogP contribution in [0.25, 0.3) is 11.1 Å². The second-order valence-electron chi connectivity index (χ2n) is 10.6. The molecule has 0 N–H and O–H groups in total. The topological polar surface area (TPSA) is 66.5 Å². The number of fused-ring (bicyclic) bond motifs is 1. The normalized spacial score (nSPS) is 18.8. The van der Waals surface area contributed by atoms with Gasteiger partial charge < -0.3 is 28.6 Å². The number of benzene rings is 2. The Bertz CT molecular complexity index is 1150. The van der Waals surface area contributed by atoms with Crippen LogP contribution in [-0.4, -0.2) is 49.0 Å². The van der Waals surface area contributed by atoms with Crippen LogP contribution in [0.15, 0.2) is 30.3 Å². The number of hydrogen-bond donors (Lipinski definition) is 0. The van der Waals surface area contributed by atoms with Gasteiger partial charge in [-0.15, -0.1) is 13.2 Å². The van der Waals surface area contributed by atoms with Crippen molar-refractivity contribution in [2.75, 3.05) is 20.3 Å². The van der Waals surface area contributed by atoms with Gasteiger partial charge in [-0.1, -0.05) is 12.1 Å². The predicted molar refractivity (Wildman–Crippen MR) is 129 cm³/mol. The molecule has 0 aromatic heterocycles. The number of halogens is 3. The Balaban J connectivity index is 1.76. The van der Waals surface area contributed by atoms with E-state index >= 15 is 0 Å². The molecule has 2 aromatic carbocycles. The summed E-state index contributed by atoms with van der Waals surface area (Å²) in [5.41, 5.74) is 3.36. The van der Waals surface area contributed by atoms with Crippen LogP contribution in [0.5, 0.6) is 11.5 Å². The molecule has 0 saturated carbocycles. The maximum atomic E-state index is 12.8. The van der Waals surface area contributed by atoms with E-state index in [2.05, 4.69) is 4.74 Å². The highest BCUT2D eigenvalue weighted by Crippen LogP contribution is 2.46. The number of alkyl halides is 3. The Morgan fingerprint density at radius 2 is 1.84 bits per heavy atom. The third-order valence-electron chi connectivity index (χ3n) is 5.95. The van der Waals surface area contributed by atoms with Crippen molar-refractivity contribution in [3.8, 4) is 22.6 Å². The van der Waals surface area contributed by atoms with Gasteiger partial charge in [-0.05, 0) is 69.5 Å². The zero-order valence-electron chi connectivity index (χ0n) is 21.8. The van der Waals surface area contributed by atoms with Gasteiger partial charge in [-0.2, -0.15) is 0 Å². The largest absolute Gasteiger partial charge is 0.573 e. The van der Waals surface area contributed by atoms with Crippen molar-refractivity contribution in [1.29, 1.82) is 0 Å². The van der Waals surface area contributed by atoms with Crippen molar-refractivity contribution in [3.63, 3.8) is 0 Å². The standard InChI is InChI=1S/C27H32F3NO6/c1-25(2,3)37-24(32)31(6)14-17-13-20(16-7-9-18(10-8-16)35-27(28,29)30)23-19(11-12-33-23)22(17)21-15-34-26(4,5)36-21/h7-10,13,21H,11-12,14-15H2,1-6H3. The van der Waals surface area contributed by atoms with Gasteiger partial charge in [0.1, 0.15) is 23.2 Å². The summed E-state index contributed by atoms with van der Waals surface area (Å²) in [7, 11) is 1.65. The summed E-state index contributed by atoms with van der Waals surface area (Å²) in [6.07, 6.45) is -5.00. The summed E-state index contributed by atoms with van der Waals surface area (Å²) in [4.78, 5) is 14.2. The molecule has 10 heteroatoms. The van der Waals surface area contributed by atoms with Crippen molar-refractivity contribution < 1.29 is 41.7 Å². The van der Waals surface area contributed by atoms with E-state index in [1.54, 1.807) is 40.0 Å². The lowest BCUT2D eigenvalue weighted by molar-refractivity contribution is -0.274. The highest BCUT2D eigenvalue weighted by atomic mass is 19.4. The summed E-state index contributed by atoms with van der Waals surface area (Å²) in [6.45, 7) is 10.1. The van der Waals surface area contributed by atoms with Crippen molar-refractivity contribution in [2.24, 2.45) is 0 Å². The summed E-state index contributed by atoms with van der Waals surface area (Å²) < 4.78 is 65.5. The molecule has 0 bridgehead atoms. The van der Waals surface area contributed by atoms with Gasteiger partial charge in [-0.3, -0.25) is 0 Å². The number of hydrogen-bond acceptors (Lipinski definition) is 6. The van der Waals surface area contributed by atoms with Gasteiger partial charge in [0, 0.05) is 31.1 Å². The zero-order valence-corrected chi connectivity index (χ0v) is 21.8. The summed E-state index contributed by atoms with van der Waals surface area (Å²) in [6, 6.07) is 7.53. The van der Waals surface area contributed by atoms with E-state index in [0.29, 0.717) is 36.5 Å². The Labute approximate surface area is 214 Å². The van der Waals surface area contributed by atoms with Crippen LogP contribution in [0.1, 0.15) is 57.4 Å². The van der Waals surface area contributed by atoms with Crippen molar-refractivity contribution in [1.82, 2.24) is 4.90 Å². The van der Waals surface area contributed by atoms with Crippen LogP contribution < -0.4 is 9.47 Å². The molecule has 0 aliphatic carbocycles. The molecule has 4 rings (SSSR count). The average Bonchev–Trinajstić information content (AvgIpc) is 3.37. The van der Waals surface area contributed by atoms with E-state index in [0.717, 1.165) is 16.7 Å². The lowest BCUT2D eigenvalue weighted by Gasteiger charge is -2.27. The quantitative estimate of drug-likeness (QED) is 0.453. The Kier molecular flexibility index (Phi) is 7.11. The molecule has 1 saturated heterocycles. The first-order valence-corrected chi connectivity index (χ1v) is 12.1. The molecular weight excluding hydrogens is 491 g/mol. The Hall–Kier alpha value is -2.98. The number of carbonyl (C=O) groups excluding carboxylic acids is 1. The lowest BCUT2D eigenvalue weighted by Crippen LogP contribution is -2.34. The molecule has 1 atom stereocenters. The van der Waals surface area contributed by atoms with Crippen molar-refractivity contribution >= 4 is 6.09 Å². The van der Waals surface area contributed by atoms with E-state index in [1.807, 2.05) is 19.9 Å². The van der Waals surface area contributed by atoms with Crippen LogP contribution in [0, 0.1) is 0 Å². The van der Waals surface area contributed by atoms with Gasteiger partial charge in [0.25, 0.3) is 0 Å². The smallest absolute Gasteiger partial charge is 0.492 e. The van der Waals surface area contributed by atoms with Gasteiger partial charge in [0.15, 0.2) is 5.79 Å². The van der Waals surface area contributed by atoms with Crippen LogP contribution in [0.2, 0.25) is 0 Å². The van der Waals surface area contributed by atoms with E-state index in [4.69, 9.17) is 18.9 Å². The monoisotopic (exact) mass is 523 g/mol. The number of amides is 1. The highest BCUT2D eigenvalue weighted by molar-refractivity contribution is 5.76. The van der Waals surface area contributed by atoms with Crippen molar-refractivity contribution in [3.05, 3.63) is 47.0 Å². The molecule has 202 valence electrons. The molecule has 2 aliphatic rings. The Morgan fingerprint density at radius 1 is 1.16 bits per heavy atom. The van der Waals surface area contributed by atoms with Crippen molar-refractivity contribution in [2.45, 2.75) is 71.4 Å².